The molecule has 0 aliphatic carbocycles. The fraction of sp³-hybridized carbons (Fsp3) is 0.476. The molecule has 3 rings (SSSR count). The fourth-order valence-electron chi connectivity index (χ4n) is 3.53. The molecule has 26 heavy (non-hydrogen) atoms. The largest absolute Gasteiger partial charge is 0.497 e. The summed E-state index contributed by atoms with van der Waals surface area (Å²) in [4.78, 5) is 16.1. The third kappa shape index (κ3) is 5.32. The van der Waals surface area contributed by atoms with Crippen LogP contribution in [0.15, 0.2) is 41.8 Å². The zero-order valence-electron chi connectivity index (χ0n) is 15.4. The van der Waals surface area contributed by atoms with Crippen LogP contribution >= 0.6 is 11.3 Å². The van der Waals surface area contributed by atoms with Gasteiger partial charge in [0.1, 0.15) is 5.75 Å². The van der Waals surface area contributed by atoms with Crippen molar-refractivity contribution in [2.45, 2.75) is 38.1 Å². The highest BCUT2D eigenvalue weighted by Gasteiger charge is 2.23. The lowest BCUT2D eigenvalue weighted by atomic mass is 10.0. The summed E-state index contributed by atoms with van der Waals surface area (Å²) >= 11 is 1.71. The van der Waals surface area contributed by atoms with Crippen LogP contribution in [0.4, 0.5) is 0 Å². The second kappa shape index (κ2) is 9.74. The highest BCUT2D eigenvalue weighted by molar-refractivity contribution is 7.09. The lowest BCUT2D eigenvalue weighted by Gasteiger charge is -2.35. The van der Waals surface area contributed by atoms with Gasteiger partial charge in [0.15, 0.2) is 0 Å². The van der Waals surface area contributed by atoms with Crippen LogP contribution in [0.1, 0.15) is 42.2 Å². The summed E-state index contributed by atoms with van der Waals surface area (Å²) in [7, 11) is 1.70. The molecule has 1 atom stereocenters. The molecule has 0 bridgehead atoms. The van der Waals surface area contributed by atoms with Crippen LogP contribution in [0.2, 0.25) is 0 Å². The van der Waals surface area contributed by atoms with E-state index in [0.717, 1.165) is 25.3 Å². The molecule has 1 amide bonds. The number of benzene rings is 1. The molecule has 1 unspecified atom stereocenters. The number of aryl methyl sites for hydroxylation is 1. The fourth-order valence-corrected chi connectivity index (χ4v) is 4.24. The normalized spacial score (nSPS) is 16.2. The molecule has 0 saturated carbocycles. The Hall–Kier alpha value is -1.85. The van der Waals surface area contributed by atoms with Crippen molar-refractivity contribution in [2.75, 3.05) is 26.7 Å². The number of carbonyl (C=O) groups excluding carboxylic acids is 1. The Balaban J connectivity index is 1.62. The Morgan fingerprint density at radius 3 is 2.81 bits per heavy atom. The van der Waals surface area contributed by atoms with Gasteiger partial charge in [0.25, 0.3) is 0 Å². The van der Waals surface area contributed by atoms with E-state index >= 15 is 0 Å². The summed E-state index contributed by atoms with van der Waals surface area (Å²) in [6.07, 6.45) is 5.12. The first kappa shape index (κ1) is 18.9. The molecule has 1 aliphatic heterocycles. The molecule has 5 heteroatoms. The molecule has 1 aromatic heterocycles. The standard InChI is InChI=1S/C21H28N2O2S/c1-25-18-8-5-7-17(15-18)20(23-12-3-2-4-13-23)16-22-21(24)11-10-19-9-6-14-26-19/h5-9,14-15,20H,2-4,10-13,16H2,1H3,(H,22,24). The van der Waals surface area contributed by atoms with Crippen molar-refractivity contribution in [1.82, 2.24) is 10.2 Å². The number of nitrogens with zero attached hydrogens (tertiary/aromatic N) is 1. The van der Waals surface area contributed by atoms with Gasteiger partial charge in [-0.1, -0.05) is 24.6 Å². The van der Waals surface area contributed by atoms with Crippen LogP contribution in [0.3, 0.4) is 0 Å². The van der Waals surface area contributed by atoms with Gasteiger partial charge in [-0.05, 0) is 61.5 Å². The van der Waals surface area contributed by atoms with Crippen molar-refractivity contribution in [1.29, 1.82) is 0 Å². The van der Waals surface area contributed by atoms with Gasteiger partial charge in [-0.25, -0.2) is 0 Å². The highest BCUT2D eigenvalue weighted by Crippen LogP contribution is 2.26. The van der Waals surface area contributed by atoms with Crippen LogP contribution in [0, 0.1) is 0 Å². The second-order valence-electron chi connectivity index (χ2n) is 6.77. The minimum Gasteiger partial charge on any atom is -0.497 e. The van der Waals surface area contributed by atoms with Crippen molar-refractivity contribution >= 4 is 17.2 Å². The summed E-state index contributed by atoms with van der Waals surface area (Å²) < 4.78 is 5.39. The minimum atomic E-state index is 0.128. The van der Waals surface area contributed by atoms with Crippen molar-refractivity contribution in [3.63, 3.8) is 0 Å². The van der Waals surface area contributed by atoms with Gasteiger partial charge in [0.05, 0.1) is 13.2 Å². The number of methoxy groups -OCH3 is 1. The number of piperidine rings is 1. The lowest BCUT2D eigenvalue weighted by molar-refractivity contribution is -0.121. The Morgan fingerprint density at radius 2 is 2.08 bits per heavy atom. The molecular weight excluding hydrogens is 344 g/mol. The number of carbonyl (C=O) groups is 1. The van der Waals surface area contributed by atoms with Gasteiger partial charge < -0.3 is 10.1 Å². The van der Waals surface area contributed by atoms with Crippen molar-refractivity contribution < 1.29 is 9.53 Å². The van der Waals surface area contributed by atoms with Crippen LogP contribution in [-0.4, -0.2) is 37.6 Å². The molecule has 1 aliphatic rings. The van der Waals surface area contributed by atoms with Crippen LogP contribution in [-0.2, 0) is 11.2 Å². The van der Waals surface area contributed by atoms with Crippen molar-refractivity contribution in [3.05, 3.63) is 52.2 Å². The van der Waals surface area contributed by atoms with Gasteiger partial charge in [0, 0.05) is 17.8 Å². The molecule has 1 fully saturated rings. The number of amides is 1. The van der Waals surface area contributed by atoms with Crippen LogP contribution < -0.4 is 10.1 Å². The molecule has 2 heterocycles. The van der Waals surface area contributed by atoms with E-state index in [2.05, 4.69) is 33.8 Å². The minimum absolute atomic E-state index is 0.128. The van der Waals surface area contributed by atoms with Crippen molar-refractivity contribution in [2.24, 2.45) is 0 Å². The summed E-state index contributed by atoms with van der Waals surface area (Å²) in [5, 5.41) is 5.22. The van der Waals surface area contributed by atoms with E-state index in [1.807, 2.05) is 18.2 Å². The number of rotatable bonds is 8. The first-order valence-corrected chi connectivity index (χ1v) is 10.3. The summed E-state index contributed by atoms with van der Waals surface area (Å²) in [5.41, 5.74) is 1.21. The molecular formula is C21H28N2O2S. The number of hydrogen-bond donors (Lipinski definition) is 1. The first-order valence-electron chi connectivity index (χ1n) is 9.43. The molecule has 1 aromatic carbocycles. The Kier molecular flexibility index (Phi) is 7.09. The van der Waals surface area contributed by atoms with Gasteiger partial charge in [-0.3, -0.25) is 9.69 Å². The quantitative estimate of drug-likeness (QED) is 0.761. The Labute approximate surface area is 160 Å². The van der Waals surface area contributed by atoms with E-state index in [1.54, 1.807) is 18.4 Å². The average Bonchev–Trinajstić information content (AvgIpc) is 3.21. The van der Waals surface area contributed by atoms with Gasteiger partial charge in [-0.2, -0.15) is 0 Å². The number of ether oxygens (including phenoxy) is 1. The van der Waals surface area contributed by atoms with E-state index in [-0.39, 0.29) is 11.9 Å². The number of thiophene rings is 1. The van der Waals surface area contributed by atoms with Gasteiger partial charge in [0.2, 0.25) is 5.91 Å². The Morgan fingerprint density at radius 1 is 1.23 bits per heavy atom. The van der Waals surface area contributed by atoms with E-state index in [0.29, 0.717) is 13.0 Å². The SMILES string of the molecule is COc1cccc(C(CNC(=O)CCc2cccs2)N2CCCCC2)c1. The maximum absolute atomic E-state index is 12.3. The lowest BCUT2D eigenvalue weighted by Crippen LogP contribution is -2.40. The molecule has 4 nitrogen and oxygen atoms in total. The van der Waals surface area contributed by atoms with E-state index in [1.165, 1.54) is 29.7 Å². The molecule has 0 spiro atoms. The monoisotopic (exact) mass is 372 g/mol. The molecule has 140 valence electrons. The maximum atomic E-state index is 12.3. The topological polar surface area (TPSA) is 41.6 Å². The first-order chi connectivity index (χ1) is 12.8. The summed E-state index contributed by atoms with van der Waals surface area (Å²) in [6, 6.07) is 12.6. The molecule has 1 N–H and O–H groups in total. The third-order valence-electron chi connectivity index (χ3n) is 4.98. The zero-order chi connectivity index (χ0) is 18.2. The van der Waals surface area contributed by atoms with E-state index in [4.69, 9.17) is 4.74 Å². The number of nitrogens with one attached hydrogen (secondary N) is 1. The van der Waals surface area contributed by atoms with E-state index in [9.17, 15) is 4.79 Å². The molecule has 1 saturated heterocycles. The maximum Gasteiger partial charge on any atom is 0.220 e. The third-order valence-corrected chi connectivity index (χ3v) is 5.92. The summed E-state index contributed by atoms with van der Waals surface area (Å²) in [6.45, 7) is 2.83. The van der Waals surface area contributed by atoms with Crippen LogP contribution in [0.25, 0.3) is 0 Å². The zero-order valence-corrected chi connectivity index (χ0v) is 16.3. The summed E-state index contributed by atoms with van der Waals surface area (Å²) in [5.74, 6) is 0.997. The predicted octanol–water partition coefficient (Wildman–Crippen LogP) is 4.03. The molecule has 0 radical (unpaired) electrons. The second-order valence-corrected chi connectivity index (χ2v) is 7.80. The highest BCUT2D eigenvalue weighted by atomic mass is 32.1. The van der Waals surface area contributed by atoms with Crippen molar-refractivity contribution in [3.8, 4) is 5.75 Å². The number of likely N-dealkylation sites (tertiary alicyclic amines) is 1. The molecule has 2 aromatic rings. The van der Waals surface area contributed by atoms with Gasteiger partial charge >= 0.3 is 0 Å². The smallest absolute Gasteiger partial charge is 0.220 e. The number of hydrogen-bond acceptors (Lipinski definition) is 4. The average molecular weight is 373 g/mol. The predicted molar refractivity (Wildman–Crippen MR) is 107 cm³/mol. The van der Waals surface area contributed by atoms with Gasteiger partial charge in [-0.15, -0.1) is 11.3 Å². The Bertz CT molecular complexity index is 681. The van der Waals surface area contributed by atoms with E-state index < -0.39 is 0 Å². The van der Waals surface area contributed by atoms with Crippen LogP contribution in [0.5, 0.6) is 5.75 Å².